The highest BCUT2D eigenvalue weighted by atomic mass is 32.2. The van der Waals surface area contributed by atoms with Gasteiger partial charge in [0.2, 0.25) is 0 Å². The zero-order valence-electron chi connectivity index (χ0n) is 6.19. The van der Waals surface area contributed by atoms with Crippen LogP contribution in [0.5, 0.6) is 0 Å². The number of hydrogen-bond acceptors (Lipinski definition) is 4. The molecule has 0 spiro atoms. The van der Waals surface area contributed by atoms with Crippen molar-refractivity contribution in [3.63, 3.8) is 0 Å². The van der Waals surface area contributed by atoms with Gasteiger partial charge in [-0.2, -0.15) is 0 Å². The molecule has 3 atom stereocenters. The van der Waals surface area contributed by atoms with Crippen LogP contribution in [0.4, 0.5) is 0 Å². The van der Waals surface area contributed by atoms with Crippen molar-refractivity contribution in [2.24, 2.45) is 5.73 Å². The molecule has 2 N–H and O–H groups in total. The minimum atomic E-state index is -2.41. The topological polar surface area (TPSA) is 75.4 Å². The highest BCUT2D eigenvalue weighted by Gasteiger charge is 2.22. The van der Waals surface area contributed by atoms with Crippen LogP contribution in [-0.2, 0) is 15.5 Å². The molecule has 0 aromatic heterocycles. The van der Waals surface area contributed by atoms with Crippen LogP contribution in [0.3, 0.4) is 0 Å². The monoisotopic (exact) mass is 178 g/mol. The predicted molar refractivity (Wildman–Crippen MR) is 40.2 cm³/mol. The maximum atomic E-state index is 10.1. The van der Waals surface area contributed by atoms with E-state index in [-0.39, 0.29) is 12.1 Å². The van der Waals surface area contributed by atoms with E-state index in [0.717, 1.165) is 25.7 Å². The van der Waals surface area contributed by atoms with Gasteiger partial charge in [-0.1, -0.05) is 12.8 Å². The van der Waals surface area contributed by atoms with Gasteiger partial charge in [-0.15, -0.1) is 0 Å². The van der Waals surface area contributed by atoms with Crippen LogP contribution < -0.4 is 5.73 Å². The third-order valence-electron chi connectivity index (χ3n) is 1.96. The van der Waals surface area contributed by atoms with Crippen LogP contribution in [0.2, 0.25) is 0 Å². The van der Waals surface area contributed by atoms with E-state index >= 15 is 0 Å². The van der Waals surface area contributed by atoms with Gasteiger partial charge in [-0.05, 0) is 12.8 Å². The van der Waals surface area contributed by atoms with E-state index in [4.69, 9.17) is 5.73 Å². The molecule has 3 unspecified atom stereocenters. The molecule has 1 rings (SSSR count). The molecule has 0 aromatic carbocycles. The zero-order chi connectivity index (χ0) is 8.27. The van der Waals surface area contributed by atoms with Crippen LogP contribution in [0.25, 0.3) is 0 Å². The highest BCUT2D eigenvalue weighted by molar-refractivity contribution is 7.74. The van der Waals surface area contributed by atoms with Gasteiger partial charge in [0, 0.05) is 6.04 Å². The maximum absolute atomic E-state index is 10.1. The van der Waals surface area contributed by atoms with Crippen LogP contribution in [-0.4, -0.2) is 20.9 Å². The fourth-order valence-corrected chi connectivity index (χ4v) is 1.79. The van der Waals surface area contributed by atoms with Crippen molar-refractivity contribution in [1.29, 1.82) is 0 Å². The Morgan fingerprint density at radius 3 is 2.64 bits per heavy atom. The second-order valence-electron chi connectivity index (χ2n) is 2.79. The van der Waals surface area contributed by atoms with Gasteiger partial charge in [0.05, 0.1) is 17.5 Å². The van der Waals surface area contributed by atoms with Crippen LogP contribution >= 0.6 is 0 Å². The SMILES string of the molecule is NC1CCCCC1OS(=O)[O-]. The van der Waals surface area contributed by atoms with E-state index in [2.05, 4.69) is 4.18 Å². The number of hydrogen-bond donors (Lipinski definition) is 1. The molecule has 66 valence electrons. The fraction of sp³-hybridized carbons (Fsp3) is 1.00. The molecule has 1 aliphatic carbocycles. The molecule has 1 aliphatic rings. The van der Waals surface area contributed by atoms with Crippen molar-refractivity contribution >= 4 is 11.4 Å². The Bertz CT molecular complexity index is 153. The molecule has 0 heterocycles. The predicted octanol–water partition coefficient (Wildman–Crippen LogP) is 0.0670. The van der Waals surface area contributed by atoms with E-state index in [1.54, 1.807) is 0 Å². The minimum absolute atomic E-state index is 0.110. The highest BCUT2D eigenvalue weighted by Crippen LogP contribution is 2.19. The molecule has 1 saturated carbocycles. The standard InChI is InChI=1S/C6H13NO3S/c7-5-3-1-2-4-6(5)10-11(8)9/h5-6H,1-4,7H2,(H,8,9)/p-1. The lowest BCUT2D eigenvalue weighted by atomic mass is 9.94. The molecular weight excluding hydrogens is 166 g/mol. The summed E-state index contributed by atoms with van der Waals surface area (Å²) in [5.41, 5.74) is 5.63. The summed E-state index contributed by atoms with van der Waals surface area (Å²) in [6.07, 6.45) is 3.42. The molecule has 0 aromatic rings. The van der Waals surface area contributed by atoms with Crippen molar-refractivity contribution in [2.45, 2.75) is 37.8 Å². The van der Waals surface area contributed by atoms with E-state index < -0.39 is 11.4 Å². The lowest BCUT2D eigenvalue weighted by molar-refractivity contribution is 0.134. The van der Waals surface area contributed by atoms with Crippen molar-refractivity contribution in [3.05, 3.63) is 0 Å². The first-order valence-electron chi connectivity index (χ1n) is 3.72. The van der Waals surface area contributed by atoms with E-state index in [1.165, 1.54) is 0 Å². The summed E-state index contributed by atoms with van der Waals surface area (Å²) in [7, 11) is 0. The summed E-state index contributed by atoms with van der Waals surface area (Å²) < 4.78 is 24.9. The molecule has 0 bridgehead atoms. The second kappa shape index (κ2) is 4.15. The average Bonchev–Trinajstić information content (AvgIpc) is 1.93. The van der Waals surface area contributed by atoms with E-state index in [0.29, 0.717) is 0 Å². The van der Waals surface area contributed by atoms with Crippen LogP contribution in [0.1, 0.15) is 25.7 Å². The van der Waals surface area contributed by atoms with Crippen molar-refractivity contribution < 1.29 is 12.9 Å². The summed E-state index contributed by atoms with van der Waals surface area (Å²) in [5.74, 6) is 0. The van der Waals surface area contributed by atoms with Gasteiger partial charge >= 0.3 is 0 Å². The number of nitrogens with two attached hydrogens (primary N) is 1. The number of rotatable bonds is 2. The molecule has 0 saturated heterocycles. The third kappa shape index (κ3) is 2.86. The lowest BCUT2D eigenvalue weighted by Gasteiger charge is -2.28. The van der Waals surface area contributed by atoms with Gasteiger partial charge in [0.1, 0.15) is 0 Å². The Balaban J connectivity index is 2.35. The smallest absolute Gasteiger partial charge is 0.0887 e. The minimum Gasteiger partial charge on any atom is -0.750 e. The molecule has 0 amide bonds. The third-order valence-corrected chi connectivity index (χ3v) is 2.36. The van der Waals surface area contributed by atoms with E-state index in [9.17, 15) is 8.76 Å². The summed E-state index contributed by atoms with van der Waals surface area (Å²) in [5, 5.41) is 0. The second-order valence-corrected chi connectivity index (χ2v) is 3.39. The molecule has 5 heteroatoms. The van der Waals surface area contributed by atoms with Crippen LogP contribution in [0.15, 0.2) is 0 Å². The Kier molecular flexibility index (Phi) is 3.45. The molecular formula is C6H12NO3S-. The van der Waals surface area contributed by atoms with Gasteiger partial charge in [0.25, 0.3) is 0 Å². The summed E-state index contributed by atoms with van der Waals surface area (Å²) >= 11 is -2.41. The molecule has 1 fully saturated rings. The maximum Gasteiger partial charge on any atom is 0.0887 e. The normalized spacial score (nSPS) is 35.1. The largest absolute Gasteiger partial charge is 0.750 e. The molecule has 11 heavy (non-hydrogen) atoms. The molecule has 4 nitrogen and oxygen atoms in total. The zero-order valence-corrected chi connectivity index (χ0v) is 7.01. The quantitative estimate of drug-likeness (QED) is 0.607. The van der Waals surface area contributed by atoms with Crippen LogP contribution in [0, 0.1) is 0 Å². The van der Waals surface area contributed by atoms with Gasteiger partial charge in [-0.25, -0.2) is 4.21 Å². The van der Waals surface area contributed by atoms with Crippen molar-refractivity contribution in [1.82, 2.24) is 0 Å². The Morgan fingerprint density at radius 2 is 2.09 bits per heavy atom. The average molecular weight is 178 g/mol. The Labute approximate surface area is 68.6 Å². The summed E-state index contributed by atoms with van der Waals surface area (Å²) in [6.45, 7) is 0. The summed E-state index contributed by atoms with van der Waals surface area (Å²) in [4.78, 5) is 0. The van der Waals surface area contributed by atoms with Crippen molar-refractivity contribution in [2.75, 3.05) is 0 Å². The van der Waals surface area contributed by atoms with Gasteiger partial charge in [0.15, 0.2) is 0 Å². The Hall–Kier alpha value is 0.0300. The van der Waals surface area contributed by atoms with Gasteiger partial charge in [-0.3, -0.25) is 4.18 Å². The lowest BCUT2D eigenvalue weighted by Crippen LogP contribution is -2.39. The van der Waals surface area contributed by atoms with Gasteiger partial charge < -0.3 is 10.3 Å². The van der Waals surface area contributed by atoms with E-state index in [1.807, 2.05) is 0 Å². The summed E-state index contributed by atoms with van der Waals surface area (Å²) in [6, 6.07) is -0.110. The first-order chi connectivity index (χ1) is 5.20. The van der Waals surface area contributed by atoms with Crippen molar-refractivity contribution in [3.8, 4) is 0 Å². The molecule has 0 aliphatic heterocycles. The first kappa shape index (κ1) is 9.12. The first-order valence-corrected chi connectivity index (χ1v) is 4.72. The Morgan fingerprint density at radius 1 is 1.45 bits per heavy atom. The molecule has 0 radical (unpaired) electrons. The fourth-order valence-electron chi connectivity index (χ4n) is 1.35.